The third-order valence-corrected chi connectivity index (χ3v) is 8.57. The normalized spacial score (nSPS) is 15.5. The molecule has 10 nitrogen and oxygen atoms in total. The number of nitrogens with zero attached hydrogens (tertiary/aromatic N) is 3. The second-order valence-corrected chi connectivity index (χ2v) is 11.7. The maximum atomic E-state index is 15.0. The average Bonchev–Trinajstić information content (AvgIpc) is 3.43. The van der Waals surface area contributed by atoms with Gasteiger partial charge in [-0.1, -0.05) is 24.3 Å². The van der Waals surface area contributed by atoms with E-state index in [0.717, 1.165) is 5.56 Å². The van der Waals surface area contributed by atoms with Crippen molar-refractivity contribution in [2.75, 3.05) is 41.0 Å². The Balaban J connectivity index is 1.39. The number of rotatable bonds is 12. The maximum Gasteiger partial charge on any atom is 0.422 e. The fraction of sp³-hybridized carbons (Fsp3) is 0.371. The molecular formula is C35H36F3N3O7. The van der Waals surface area contributed by atoms with E-state index < -0.39 is 24.3 Å². The van der Waals surface area contributed by atoms with E-state index in [9.17, 15) is 23.1 Å². The highest BCUT2D eigenvalue weighted by Gasteiger charge is 2.57. The Bertz CT molecular complexity index is 1830. The van der Waals surface area contributed by atoms with Crippen molar-refractivity contribution >= 4 is 22.6 Å². The Kier molecular flexibility index (Phi) is 10.1. The molecule has 2 N–H and O–H groups in total. The van der Waals surface area contributed by atoms with Crippen molar-refractivity contribution in [1.29, 1.82) is 0 Å². The van der Waals surface area contributed by atoms with Crippen LogP contribution in [0.25, 0.3) is 15.7 Å². The van der Waals surface area contributed by atoms with Crippen LogP contribution in [-0.2, 0) is 23.4 Å². The van der Waals surface area contributed by atoms with Crippen molar-refractivity contribution in [2.24, 2.45) is 0 Å². The van der Waals surface area contributed by atoms with Gasteiger partial charge in [-0.05, 0) is 54.3 Å². The number of methoxy groups -OCH3 is 3. The summed E-state index contributed by atoms with van der Waals surface area (Å²) in [6.45, 7) is 7.37. The number of aliphatic carboxylic acids is 1. The zero-order chi connectivity index (χ0) is 34.6. The number of β-amino-alcohol motifs (C(OH)–C–C–N with tert-alkyl or cyclic N) is 1. The quantitative estimate of drug-likeness (QED) is 0.173. The summed E-state index contributed by atoms with van der Waals surface area (Å²) in [6, 6.07) is 14.5. The zero-order valence-corrected chi connectivity index (χ0v) is 26.7. The minimum absolute atomic E-state index is 0.149. The van der Waals surface area contributed by atoms with Crippen LogP contribution in [0.2, 0.25) is 0 Å². The molecule has 1 aliphatic rings. The number of carboxylic acids is 1. The van der Waals surface area contributed by atoms with Crippen molar-refractivity contribution in [1.82, 2.24) is 9.47 Å². The molecule has 1 aliphatic heterocycles. The Morgan fingerprint density at radius 2 is 1.54 bits per heavy atom. The van der Waals surface area contributed by atoms with Crippen LogP contribution in [0.15, 0.2) is 60.8 Å². The standard InChI is InChI=1S/C35H36F3N3O7/c1-39-24-7-8-26-27(20-41(28(26)18-24)19-23-6-9-29(45-2)31(16-23)46-3)34(44,35(36,37)38)21-40-13-11-25(12-14-40)48-30-10-5-22(17-33(42)43)15-32(30)47-4/h5-10,15-16,18,20,25,44H,11-14,17,19,21H2,2-4H3,(H,42,43). The number of piperidine rings is 1. The number of likely N-dealkylation sites (tertiary alicyclic amines) is 1. The third kappa shape index (κ3) is 7.14. The van der Waals surface area contributed by atoms with E-state index in [1.54, 1.807) is 45.9 Å². The van der Waals surface area contributed by atoms with Crippen LogP contribution in [0.1, 0.15) is 29.5 Å². The first kappa shape index (κ1) is 34.4. The van der Waals surface area contributed by atoms with Gasteiger partial charge in [-0.2, -0.15) is 13.2 Å². The Morgan fingerprint density at radius 1 is 0.917 bits per heavy atom. The fourth-order valence-corrected chi connectivity index (χ4v) is 6.10. The molecule has 1 fully saturated rings. The number of alkyl halides is 3. The summed E-state index contributed by atoms with van der Waals surface area (Å²) in [4.78, 5) is 16.1. The molecule has 0 spiro atoms. The Labute approximate surface area is 275 Å². The van der Waals surface area contributed by atoms with Crippen LogP contribution in [0.5, 0.6) is 23.0 Å². The van der Waals surface area contributed by atoms with Gasteiger partial charge in [0.05, 0.1) is 34.3 Å². The molecule has 1 saturated heterocycles. The van der Waals surface area contributed by atoms with Gasteiger partial charge in [0.1, 0.15) is 6.10 Å². The first-order chi connectivity index (χ1) is 22.9. The molecule has 2 heterocycles. The number of benzene rings is 3. The number of aromatic nitrogens is 1. The number of aliphatic hydroxyl groups is 1. The Hall–Kier alpha value is -4.93. The highest BCUT2D eigenvalue weighted by molar-refractivity contribution is 5.88. The summed E-state index contributed by atoms with van der Waals surface area (Å²) >= 11 is 0. The van der Waals surface area contributed by atoms with Gasteiger partial charge in [0.15, 0.2) is 28.7 Å². The number of ether oxygens (including phenoxy) is 4. The van der Waals surface area contributed by atoms with Crippen LogP contribution in [0.3, 0.4) is 0 Å². The lowest BCUT2D eigenvalue weighted by Crippen LogP contribution is -2.53. The minimum Gasteiger partial charge on any atom is -0.493 e. The molecule has 1 aromatic heterocycles. The van der Waals surface area contributed by atoms with Crippen molar-refractivity contribution in [3.63, 3.8) is 0 Å². The largest absolute Gasteiger partial charge is 0.493 e. The Morgan fingerprint density at radius 3 is 2.17 bits per heavy atom. The molecule has 1 unspecified atom stereocenters. The molecule has 0 aliphatic carbocycles. The summed E-state index contributed by atoms with van der Waals surface area (Å²) in [6.07, 6.45) is -3.42. The van der Waals surface area contributed by atoms with E-state index in [0.29, 0.717) is 46.9 Å². The average molecular weight is 668 g/mol. The lowest BCUT2D eigenvalue weighted by Gasteiger charge is -2.39. The van der Waals surface area contributed by atoms with Crippen LogP contribution in [-0.4, -0.2) is 78.9 Å². The number of carboxylic acid groups (broad SMARTS) is 1. The van der Waals surface area contributed by atoms with Crippen LogP contribution >= 0.6 is 0 Å². The van der Waals surface area contributed by atoms with Crippen LogP contribution < -0.4 is 18.9 Å². The number of hydrogen-bond donors (Lipinski definition) is 2. The van der Waals surface area contributed by atoms with Gasteiger partial charge in [-0.3, -0.25) is 9.69 Å². The fourth-order valence-electron chi connectivity index (χ4n) is 6.10. The molecule has 4 aromatic rings. The maximum absolute atomic E-state index is 15.0. The van der Waals surface area contributed by atoms with E-state index in [1.807, 2.05) is 0 Å². The van der Waals surface area contributed by atoms with E-state index >= 15 is 0 Å². The van der Waals surface area contributed by atoms with Crippen molar-refractivity contribution in [2.45, 2.75) is 43.7 Å². The van der Waals surface area contributed by atoms with Gasteiger partial charge in [-0.15, -0.1) is 0 Å². The highest BCUT2D eigenvalue weighted by Crippen LogP contribution is 2.44. The molecule has 48 heavy (non-hydrogen) atoms. The van der Waals surface area contributed by atoms with Crippen LogP contribution in [0.4, 0.5) is 18.9 Å². The lowest BCUT2D eigenvalue weighted by molar-refractivity contribution is -0.272. The predicted molar refractivity (Wildman–Crippen MR) is 171 cm³/mol. The topological polar surface area (TPSA) is 107 Å². The van der Waals surface area contributed by atoms with Gasteiger partial charge in [-0.25, -0.2) is 4.85 Å². The molecule has 254 valence electrons. The van der Waals surface area contributed by atoms with Gasteiger partial charge in [0.2, 0.25) is 5.60 Å². The molecule has 0 bridgehead atoms. The number of fused-ring (bicyclic) bond motifs is 1. The van der Waals surface area contributed by atoms with Crippen molar-refractivity contribution < 1.29 is 47.1 Å². The molecule has 1 atom stereocenters. The van der Waals surface area contributed by atoms with E-state index in [1.165, 1.54) is 45.7 Å². The SMILES string of the molecule is [C-]#[N+]c1ccc2c(C(O)(CN3CCC(Oc4ccc(CC(=O)O)cc4OC)CC3)C(F)(F)F)cn(Cc3ccc(OC)c(OC)c3)c2c1. The van der Waals surface area contributed by atoms with Gasteiger partial charge in [0.25, 0.3) is 0 Å². The van der Waals surface area contributed by atoms with Crippen molar-refractivity contribution in [3.8, 4) is 23.0 Å². The summed E-state index contributed by atoms with van der Waals surface area (Å²) < 4.78 is 68.7. The van der Waals surface area contributed by atoms with Gasteiger partial charge in [0, 0.05) is 48.8 Å². The summed E-state index contributed by atoms with van der Waals surface area (Å²) in [5.41, 5.74) is -1.62. The zero-order valence-electron chi connectivity index (χ0n) is 26.7. The molecule has 5 rings (SSSR count). The highest BCUT2D eigenvalue weighted by atomic mass is 19.4. The van der Waals surface area contributed by atoms with Crippen LogP contribution in [0, 0.1) is 6.57 Å². The number of halogens is 3. The number of carbonyl (C=O) groups is 1. The molecule has 0 radical (unpaired) electrons. The van der Waals surface area contributed by atoms with Gasteiger partial charge < -0.3 is 33.7 Å². The second-order valence-electron chi connectivity index (χ2n) is 11.7. The first-order valence-corrected chi connectivity index (χ1v) is 15.2. The smallest absolute Gasteiger partial charge is 0.422 e. The third-order valence-electron chi connectivity index (χ3n) is 8.57. The predicted octanol–water partition coefficient (Wildman–Crippen LogP) is 6.19. The summed E-state index contributed by atoms with van der Waals surface area (Å²) in [5.74, 6) is 0.767. The molecular weight excluding hydrogens is 631 g/mol. The second kappa shape index (κ2) is 14.0. The lowest BCUT2D eigenvalue weighted by atomic mass is 9.91. The molecule has 13 heteroatoms. The minimum atomic E-state index is -5.02. The molecule has 3 aromatic carbocycles. The summed E-state index contributed by atoms with van der Waals surface area (Å²) in [7, 11) is 4.44. The van der Waals surface area contributed by atoms with E-state index in [-0.39, 0.29) is 48.8 Å². The van der Waals surface area contributed by atoms with Crippen molar-refractivity contribution in [3.05, 3.63) is 88.9 Å². The van der Waals surface area contributed by atoms with E-state index in [2.05, 4.69) is 4.85 Å². The monoisotopic (exact) mass is 667 g/mol. The number of hydrogen-bond acceptors (Lipinski definition) is 7. The van der Waals surface area contributed by atoms with Gasteiger partial charge >= 0.3 is 12.1 Å². The van der Waals surface area contributed by atoms with E-state index in [4.69, 9.17) is 30.6 Å². The molecule has 0 amide bonds. The first-order valence-electron chi connectivity index (χ1n) is 15.2. The molecule has 0 saturated carbocycles. The summed E-state index contributed by atoms with van der Waals surface area (Å²) in [5, 5.41) is 20.9.